The summed E-state index contributed by atoms with van der Waals surface area (Å²) in [5, 5.41) is 13.9. The SMILES string of the molecule is CC(C)c1cccc(NC(O)c2cccc(N3Cc4cnc(N)nc4C3)c2)c1. The number of aromatic nitrogens is 2. The summed E-state index contributed by atoms with van der Waals surface area (Å²) in [5.74, 6) is 0.744. The molecule has 0 saturated heterocycles. The van der Waals surface area contributed by atoms with E-state index in [-0.39, 0.29) is 0 Å². The summed E-state index contributed by atoms with van der Waals surface area (Å²) < 4.78 is 0. The molecule has 0 radical (unpaired) electrons. The number of fused-ring (bicyclic) bond motifs is 1. The van der Waals surface area contributed by atoms with Crippen molar-refractivity contribution < 1.29 is 5.11 Å². The normalized spacial score (nSPS) is 14.2. The number of benzene rings is 2. The van der Waals surface area contributed by atoms with Gasteiger partial charge in [0, 0.05) is 35.2 Å². The van der Waals surface area contributed by atoms with Crippen LogP contribution < -0.4 is 16.0 Å². The van der Waals surface area contributed by atoms with Crippen LogP contribution in [0.2, 0.25) is 0 Å². The molecule has 1 aliphatic heterocycles. The first-order valence-corrected chi connectivity index (χ1v) is 9.49. The van der Waals surface area contributed by atoms with Gasteiger partial charge >= 0.3 is 0 Å². The minimum atomic E-state index is -0.789. The van der Waals surface area contributed by atoms with E-state index < -0.39 is 6.23 Å². The quantitative estimate of drug-likeness (QED) is 0.588. The van der Waals surface area contributed by atoms with Gasteiger partial charge in [-0.1, -0.05) is 38.1 Å². The van der Waals surface area contributed by atoms with E-state index in [2.05, 4.69) is 46.2 Å². The lowest BCUT2D eigenvalue weighted by atomic mass is 10.0. The van der Waals surface area contributed by atoms with E-state index in [1.807, 2.05) is 36.4 Å². The molecule has 0 fully saturated rings. The lowest BCUT2D eigenvalue weighted by Gasteiger charge is -2.21. The zero-order valence-corrected chi connectivity index (χ0v) is 16.1. The van der Waals surface area contributed by atoms with Crippen LogP contribution in [0.5, 0.6) is 0 Å². The van der Waals surface area contributed by atoms with Crippen molar-refractivity contribution in [2.75, 3.05) is 16.0 Å². The standard InChI is InChI=1S/C22H25N5O/c1-14(2)15-5-3-7-18(9-15)25-21(28)16-6-4-8-19(10-16)27-12-17-11-24-22(23)26-20(17)13-27/h3-11,14,21,25,28H,12-13H2,1-2H3,(H2,23,24,26). The lowest BCUT2D eigenvalue weighted by Crippen LogP contribution is -2.16. The third-order valence-electron chi connectivity index (χ3n) is 5.08. The highest BCUT2D eigenvalue weighted by Gasteiger charge is 2.22. The predicted molar refractivity (Wildman–Crippen MR) is 112 cm³/mol. The van der Waals surface area contributed by atoms with E-state index in [1.165, 1.54) is 5.56 Å². The van der Waals surface area contributed by atoms with Crippen LogP contribution in [0.1, 0.15) is 48.4 Å². The molecule has 0 saturated carbocycles. The highest BCUT2D eigenvalue weighted by atomic mass is 16.3. The fourth-order valence-electron chi connectivity index (χ4n) is 3.47. The smallest absolute Gasteiger partial charge is 0.220 e. The minimum Gasteiger partial charge on any atom is -0.369 e. The molecule has 4 N–H and O–H groups in total. The third-order valence-corrected chi connectivity index (χ3v) is 5.08. The van der Waals surface area contributed by atoms with Gasteiger partial charge in [-0.3, -0.25) is 0 Å². The van der Waals surface area contributed by atoms with Gasteiger partial charge in [-0.2, -0.15) is 0 Å². The fraction of sp³-hybridized carbons (Fsp3) is 0.273. The Labute approximate surface area is 165 Å². The molecule has 0 spiro atoms. The molecular weight excluding hydrogens is 350 g/mol. The van der Waals surface area contributed by atoms with Gasteiger partial charge in [0.1, 0.15) is 0 Å². The second-order valence-electron chi connectivity index (χ2n) is 7.48. The summed E-state index contributed by atoms with van der Waals surface area (Å²) >= 11 is 0. The van der Waals surface area contributed by atoms with E-state index in [4.69, 9.17) is 5.73 Å². The summed E-state index contributed by atoms with van der Waals surface area (Å²) in [6.07, 6.45) is 1.00. The predicted octanol–water partition coefficient (Wildman–Crippen LogP) is 3.81. The van der Waals surface area contributed by atoms with Crippen molar-refractivity contribution in [2.45, 2.75) is 39.1 Å². The molecule has 1 atom stereocenters. The molecule has 0 amide bonds. The average molecular weight is 375 g/mol. The fourth-order valence-corrected chi connectivity index (χ4v) is 3.47. The Morgan fingerprint density at radius 1 is 1.07 bits per heavy atom. The second-order valence-corrected chi connectivity index (χ2v) is 7.48. The molecule has 6 heteroatoms. The number of nitrogen functional groups attached to an aromatic ring is 1. The maximum absolute atomic E-state index is 10.7. The van der Waals surface area contributed by atoms with Gasteiger partial charge in [0.25, 0.3) is 0 Å². The van der Waals surface area contributed by atoms with Crippen LogP contribution in [0.15, 0.2) is 54.7 Å². The van der Waals surface area contributed by atoms with E-state index in [9.17, 15) is 5.11 Å². The van der Waals surface area contributed by atoms with Gasteiger partial charge in [-0.15, -0.1) is 0 Å². The van der Waals surface area contributed by atoms with Crippen molar-refractivity contribution in [3.8, 4) is 0 Å². The van der Waals surface area contributed by atoms with E-state index >= 15 is 0 Å². The summed E-state index contributed by atoms with van der Waals surface area (Å²) in [6, 6.07) is 16.1. The molecule has 4 rings (SSSR count). The summed E-state index contributed by atoms with van der Waals surface area (Å²) in [6.45, 7) is 5.74. The van der Waals surface area contributed by atoms with Crippen molar-refractivity contribution in [1.29, 1.82) is 0 Å². The Morgan fingerprint density at radius 2 is 1.86 bits per heavy atom. The number of anilines is 3. The van der Waals surface area contributed by atoms with Crippen molar-refractivity contribution in [2.24, 2.45) is 0 Å². The number of nitrogens with two attached hydrogens (primary N) is 1. The van der Waals surface area contributed by atoms with Crippen LogP contribution in [0.3, 0.4) is 0 Å². The van der Waals surface area contributed by atoms with Crippen LogP contribution in [0.25, 0.3) is 0 Å². The molecule has 144 valence electrons. The van der Waals surface area contributed by atoms with Gasteiger partial charge < -0.3 is 21.1 Å². The molecule has 3 aromatic rings. The molecule has 1 aliphatic rings. The van der Waals surface area contributed by atoms with E-state index in [0.717, 1.165) is 34.7 Å². The number of aliphatic hydroxyl groups excluding tert-OH is 1. The molecule has 1 aromatic heterocycles. The number of nitrogens with zero attached hydrogens (tertiary/aromatic N) is 3. The summed E-state index contributed by atoms with van der Waals surface area (Å²) in [7, 11) is 0. The highest BCUT2D eigenvalue weighted by Crippen LogP contribution is 2.29. The third kappa shape index (κ3) is 3.77. The van der Waals surface area contributed by atoms with Gasteiger partial charge in [0.05, 0.1) is 12.2 Å². The number of rotatable bonds is 5. The van der Waals surface area contributed by atoms with Crippen LogP contribution in [-0.4, -0.2) is 15.1 Å². The first-order chi connectivity index (χ1) is 13.5. The molecular formula is C22H25N5O. The summed E-state index contributed by atoms with van der Waals surface area (Å²) in [4.78, 5) is 10.6. The topological polar surface area (TPSA) is 87.3 Å². The van der Waals surface area contributed by atoms with Crippen LogP contribution in [0, 0.1) is 0 Å². The monoisotopic (exact) mass is 375 g/mol. The Bertz CT molecular complexity index is 988. The molecule has 0 bridgehead atoms. The first kappa shape index (κ1) is 18.3. The molecule has 2 aromatic carbocycles. The maximum Gasteiger partial charge on any atom is 0.220 e. The Kier molecular flexibility index (Phi) is 4.88. The largest absolute Gasteiger partial charge is 0.369 e. The molecule has 1 unspecified atom stereocenters. The van der Waals surface area contributed by atoms with Crippen molar-refractivity contribution in [3.63, 3.8) is 0 Å². The second kappa shape index (κ2) is 7.48. The Balaban J connectivity index is 1.50. The Morgan fingerprint density at radius 3 is 2.68 bits per heavy atom. The summed E-state index contributed by atoms with van der Waals surface area (Å²) in [5.41, 5.74) is 11.7. The molecule has 2 heterocycles. The zero-order valence-electron chi connectivity index (χ0n) is 16.1. The van der Waals surface area contributed by atoms with E-state index in [0.29, 0.717) is 18.4 Å². The highest BCUT2D eigenvalue weighted by molar-refractivity contribution is 5.54. The van der Waals surface area contributed by atoms with Crippen LogP contribution in [-0.2, 0) is 13.1 Å². The van der Waals surface area contributed by atoms with Gasteiger partial charge in [0.2, 0.25) is 5.95 Å². The number of aliphatic hydroxyl groups is 1. The lowest BCUT2D eigenvalue weighted by molar-refractivity contribution is 0.208. The average Bonchev–Trinajstić information content (AvgIpc) is 3.11. The number of hydrogen-bond donors (Lipinski definition) is 3. The number of nitrogens with one attached hydrogen (secondary N) is 1. The van der Waals surface area contributed by atoms with Crippen LogP contribution in [0.4, 0.5) is 17.3 Å². The maximum atomic E-state index is 10.7. The number of hydrogen-bond acceptors (Lipinski definition) is 6. The van der Waals surface area contributed by atoms with E-state index in [1.54, 1.807) is 6.20 Å². The van der Waals surface area contributed by atoms with Crippen molar-refractivity contribution >= 4 is 17.3 Å². The molecule has 28 heavy (non-hydrogen) atoms. The Hall–Kier alpha value is -3.12. The van der Waals surface area contributed by atoms with Crippen molar-refractivity contribution in [3.05, 3.63) is 77.1 Å². The first-order valence-electron chi connectivity index (χ1n) is 9.49. The van der Waals surface area contributed by atoms with Gasteiger partial charge in [-0.05, 0) is 35.7 Å². The van der Waals surface area contributed by atoms with Crippen LogP contribution >= 0.6 is 0 Å². The van der Waals surface area contributed by atoms with Gasteiger partial charge in [-0.25, -0.2) is 9.97 Å². The minimum absolute atomic E-state index is 0.303. The molecule has 0 aliphatic carbocycles. The van der Waals surface area contributed by atoms with Gasteiger partial charge in [0.15, 0.2) is 6.23 Å². The zero-order chi connectivity index (χ0) is 19.7. The van der Waals surface area contributed by atoms with Crippen molar-refractivity contribution in [1.82, 2.24) is 9.97 Å². The molecule has 6 nitrogen and oxygen atoms in total.